The first-order chi connectivity index (χ1) is 13.9. The maximum atomic E-state index is 13.3. The number of rotatable bonds is 4. The molecule has 4 rings (SSSR count). The molecular weight excluding hydrogens is 394 g/mol. The van der Waals surface area contributed by atoms with Crippen molar-refractivity contribution in [3.8, 4) is 0 Å². The molecule has 1 N–H and O–H groups in total. The fraction of sp³-hybridized carbons (Fsp3) is 0.190. The number of esters is 1. The van der Waals surface area contributed by atoms with Gasteiger partial charge in [0.05, 0.1) is 23.6 Å². The number of hydrogen-bond donors (Lipinski definition) is 1. The molecule has 2 aliphatic heterocycles. The van der Waals surface area contributed by atoms with E-state index in [2.05, 4.69) is 5.43 Å². The zero-order chi connectivity index (χ0) is 20.7. The first kappa shape index (κ1) is 19.0. The molecule has 0 spiro atoms. The van der Waals surface area contributed by atoms with Crippen LogP contribution in [0.15, 0.2) is 59.8 Å². The van der Waals surface area contributed by atoms with Crippen LogP contribution in [0, 0.1) is 6.92 Å². The van der Waals surface area contributed by atoms with Gasteiger partial charge in [0.15, 0.2) is 11.7 Å². The number of hydrogen-bond acceptors (Lipinski definition) is 6. The summed E-state index contributed by atoms with van der Waals surface area (Å²) >= 11 is 6.04. The van der Waals surface area contributed by atoms with Crippen molar-refractivity contribution in [2.24, 2.45) is 0 Å². The molecule has 0 aliphatic carbocycles. The normalized spacial score (nSPS) is 18.2. The number of amides is 2. The summed E-state index contributed by atoms with van der Waals surface area (Å²) in [5.41, 5.74) is 4.97. The van der Waals surface area contributed by atoms with Crippen LogP contribution in [0.2, 0.25) is 5.02 Å². The molecule has 0 unspecified atom stereocenters. The molecule has 1 fully saturated rings. The summed E-state index contributed by atoms with van der Waals surface area (Å²) in [6.45, 7) is 3.76. The minimum atomic E-state index is -0.983. The Labute approximate surface area is 172 Å². The average molecular weight is 412 g/mol. The van der Waals surface area contributed by atoms with E-state index < -0.39 is 23.8 Å². The van der Waals surface area contributed by atoms with E-state index in [-0.39, 0.29) is 17.9 Å². The standard InChI is InChI=1S/C21H18ClN3O4/c1-3-29-21(28)17-16-18(25(23-17)14-9-7-12(2)8-10-14)20(27)24(19(16)26)15-6-4-5-13(22)11-15/h4-11,18,23H,3H2,1-2H3/t18-/m1/s1. The van der Waals surface area contributed by atoms with Gasteiger partial charge in [-0.25, -0.2) is 9.69 Å². The summed E-state index contributed by atoms with van der Waals surface area (Å²) in [4.78, 5) is 40.0. The van der Waals surface area contributed by atoms with Crippen molar-refractivity contribution < 1.29 is 19.1 Å². The van der Waals surface area contributed by atoms with Crippen LogP contribution in [0.25, 0.3) is 0 Å². The number of benzene rings is 2. The number of carbonyl (C=O) groups is 3. The second-order valence-electron chi connectivity index (χ2n) is 6.69. The number of hydrazine groups is 1. The van der Waals surface area contributed by atoms with Crippen LogP contribution in [0.3, 0.4) is 0 Å². The van der Waals surface area contributed by atoms with E-state index in [0.29, 0.717) is 16.4 Å². The SMILES string of the molecule is CCOC(=O)C1=C2C(=O)N(c3cccc(Cl)c3)C(=O)[C@@H]2N(c2ccc(C)cc2)N1. The molecule has 1 atom stereocenters. The number of aryl methyl sites for hydroxylation is 1. The summed E-state index contributed by atoms with van der Waals surface area (Å²) < 4.78 is 5.09. The summed E-state index contributed by atoms with van der Waals surface area (Å²) in [5.74, 6) is -1.73. The minimum absolute atomic E-state index is 0.0275. The highest BCUT2D eigenvalue weighted by atomic mass is 35.5. The molecule has 0 radical (unpaired) electrons. The highest BCUT2D eigenvalue weighted by Crippen LogP contribution is 2.37. The number of nitrogens with one attached hydrogen (secondary N) is 1. The topological polar surface area (TPSA) is 79.0 Å². The molecular formula is C21H18ClN3O4. The molecule has 2 amide bonds. The van der Waals surface area contributed by atoms with Gasteiger partial charge >= 0.3 is 5.97 Å². The number of ether oxygens (including phenoxy) is 1. The second-order valence-corrected chi connectivity index (χ2v) is 7.12. The Kier molecular flexibility index (Phi) is 4.76. The number of halogens is 1. The Hall–Kier alpha value is -3.32. The summed E-state index contributed by atoms with van der Waals surface area (Å²) in [5, 5.41) is 1.92. The van der Waals surface area contributed by atoms with Gasteiger partial charge < -0.3 is 4.74 Å². The van der Waals surface area contributed by atoms with Gasteiger partial charge in [0.25, 0.3) is 11.8 Å². The van der Waals surface area contributed by atoms with Gasteiger partial charge in [0.1, 0.15) is 0 Å². The summed E-state index contributed by atoms with van der Waals surface area (Å²) in [7, 11) is 0. The predicted octanol–water partition coefficient (Wildman–Crippen LogP) is 2.73. The third-order valence-electron chi connectivity index (χ3n) is 4.78. The predicted molar refractivity (Wildman–Crippen MR) is 108 cm³/mol. The van der Waals surface area contributed by atoms with Gasteiger partial charge in [-0.2, -0.15) is 0 Å². The van der Waals surface area contributed by atoms with Gasteiger partial charge in [-0.1, -0.05) is 35.4 Å². The van der Waals surface area contributed by atoms with Crippen molar-refractivity contribution in [2.75, 3.05) is 16.5 Å². The lowest BCUT2D eigenvalue weighted by Crippen LogP contribution is -2.46. The molecule has 29 heavy (non-hydrogen) atoms. The van der Waals surface area contributed by atoms with E-state index in [1.165, 1.54) is 11.1 Å². The lowest BCUT2D eigenvalue weighted by atomic mass is 10.1. The first-order valence-electron chi connectivity index (χ1n) is 9.10. The quantitative estimate of drug-likeness (QED) is 0.615. The minimum Gasteiger partial charge on any atom is -0.461 e. The molecule has 2 aromatic carbocycles. The zero-order valence-electron chi connectivity index (χ0n) is 15.8. The van der Waals surface area contributed by atoms with Crippen LogP contribution in [-0.2, 0) is 19.1 Å². The molecule has 1 saturated heterocycles. The van der Waals surface area contributed by atoms with Gasteiger partial charge in [0, 0.05) is 5.02 Å². The Balaban J connectivity index is 1.81. The van der Waals surface area contributed by atoms with Gasteiger partial charge in [-0.3, -0.25) is 20.0 Å². The van der Waals surface area contributed by atoms with Crippen LogP contribution in [0.1, 0.15) is 12.5 Å². The maximum Gasteiger partial charge on any atom is 0.356 e. The maximum absolute atomic E-state index is 13.3. The Morgan fingerprint density at radius 2 is 1.86 bits per heavy atom. The third-order valence-corrected chi connectivity index (χ3v) is 5.01. The number of carbonyl (C=O) groups excluding carboxylic acids is 3. The number of nitrogens with zero attached hydrogens (tertiary/aromatic N) is 2. The van der Waals surface area contributed by atoms with Gasteiger partial charge in [-0.15, -0.1) is 0 Å². The highest BCUT2D eigenvalue weighted by Gasteiger charge is 2.54. The van der Waals surface area contributed by atoms with E-state index in [0.717, 1.165) is 10.5 Å². The number of anilines is 2. The second kappa shape index (κ2) is 7.25. The van der Waals surface area contributed by atoms with E-state index in [1.54, 1.807) is 25.1 Å². The molecule has 2 aromatic rings. The van der Waals surface area contributed by atoms with Crippen molar-refractivity contribution in [3.63, 3.8) is 0 Å². The monoisotopic (exact) mass is 411 g/mol. The van der Waals surface area contributed by atoms with Crippen LogP contribution in [0.5, 0.6) is 0 Å². The fourth-order valence-corrected chi connectivity index (χ4v) is 3.63. The molecule has 0 saturated carbocycles. The van der Waals surface area contributed by atoms with Gasteiger partial charge in [-0.05, 0) is 44.2 Å². The molecule has 2 aliphatic rings. The molecule has 7 nitrogen and oxygen atoms in total. The molecule has 2 heterocycles. The van der Waals surface area contributed by atoms with Crippen LogP contribution in [-0.4, -0.2) is 30.4 Å². The summed E-state index contributed by atoms with van der Waals surface area (Å²) in [6, 6.07) is 12.9. The lowest BCUT2D eigenvalue weighted by Gasteiger charge is -2.26. The Bertz CT molecular complexity index is 1050. The molecule has 148 valence electrons. The molecule has 0 aromatic heterocycles. The van der Waals surface area contributed by atoms with E-state index in [9.17, 15) is 14.4 Å². The fourth-order valence-electron chi connectivity index (χ4n) is 3.45. The highest BCUT2D eigenvalue weighted by molar-refractivity contribution is 6.35. The number of imide groups is 1. The third kappa shape index (κ3) is 3.13. The van der Waals surface area contributed by atoms with Crippen LogP contribution >= 0.6 is 11.6 Å². The zero-order valence-corrected chi connectivity index (χ0v) is 16.6. The van der Waals surface area contributed by atoms with Crippen LogP contribution in [0.4, 0.5) is 11.4 Å². The lowest BCUT2D eigenvalue weighted by molar-refractivity contribution is -0.139. The van der Waals surface area contributed by atoms with E-state index in [1.807, 2.05) is 31.2 Å². The van der Waals surface area contributed by atoms with E-state index in [4.69, 9.17) is 16.3 Å². The number of fused-ring (bicyclic) bond motifs is 1. The van der Waals surface area contributed by atoms with Crippen molar-refractivity contribution in [1.29, 1.82) is 0 Å². The Morgan fingerprint density at radius 1 is 1.14 bits per heavy atom. The average Bonchev–Trinajstić information content (AvgIpc) is 3.20. The Morgan fingerprint density at radius 3 is 2.52 bits per heavy atom. The van der Waals surface area contributed by atoms with Crippen molar-refractivity contribution >= 4 is 40.8 Å². The summed E-state index contributed by atoms with van der Waals surface area (Å²) in [6.07, 6.45) is 0. The van der Waals surface area contributed by atoms with Gasteiger partial charge in [0.2, 0.25) is 0 Å². The first-order valence-corrected chi connectivity index (χ1v) is 9.48. The van der Waals surface area contributed by atoms with Crippen molar-refractivity contribution in [1.82, 2.24) is 5.43 Å². The smallest absolute Gasteiger partial charge is 0.356 e. The van der Waals surface area contributed by atoms with Crippen LogP contribution < -0.4 is 15.3 Å². The largest absolute Gasteiger partial charge is 0.461 e. The molecule has 0 bridgehead atoms. The van der Waals surface area contributed by atoms with E-state index >= 15 is 0 Å². The van der Waals surface area contributed by atoms with Crippen molar-refractivity contribution in [2.45, 2.75) is 19.9 Å². The van der Waals surface area contributed by atoms with Crippen molar-refractivity contribution in [3.05, 3.63) is 70.4 Å². The molecule has 8 heteroatoms.